The van der Waals surface area contributed by atoms with Crippen LogP contribution < -0.4 is 15.8 Å². The molecule has 0 spiro atoms. The molecule has 2 aliphatic rings. The summed E-state index contributed by atoms with van der Waals surface area (Å²) in [6.45, 7) is 9.27. The Morgan fingerprint density at radius 1 is 1.13 bits per heavy atom. The maximum absolute atomic E-state index is 12.4. The molecular weight excluding hydrogens is 386 g/mol. The van der Waals surface area contributed by atoms with E-state index in [9.17, 15) is 4.79 Å². The second kappa shape index (κ2) is 9.31. The van der Waals surface area contributed by atoms with Gasteiger partial charge in [-0.05, 0) is 80.2 Å². The molecule has 0 radical (unpaired) electrons. The van der Waals surface area contributed by atoms with Gasteiger partial charge in [-0.25, -0.2) is 0 Å². The van der Waals surface area contributed by atoms with Crippen LogP contribution >= 0.6 is 0 Å². The minimum Gasteiger partial charge on any atom is -0.483 e. The average molecular weight is 422 g/mol. The van der Waals surface area contributed by atoms with Crippen molar-refractivity contribution >= 4 is 11.6 Å². The van der Waals surface area contributed by atoms with E-state index in [2.05, 4.69) is 40.5 Å². The Balaban J connectivity index is 1.18. The molecule has 0 aromatic heterocycles. The fraction of sp³-hybridized carbons (Fsp3) is 0.500. The second-order valence-corrected chi connectivity index (χ2v) is 9.30. The van der Waals surface area contributed by atoms with Crippen LogP contribution in [0.4, 0.5) is 5.69 Å². The molecule has 2 aromatic rings. The molecular formula is C26H35N3O2. The summed E-state index contributed by atoms with van der Waals surface area (Å²) in [6, 6.07) is 13.0. The first-order valence-corrected chi connectivity index (χ1v) is 11.5. The van der Waals surface area contributed by atoms with E-state index in [-0.39, 0.29) is 18.6 Å². The van der Waals surface area contributed by atoms with Gasteiger partial charge in [0.1, 0.15) is 5.75 Å². The quantitative estimate of drug-likeness (QED) is 0.664. The summed E-state index contributed by atoms with van der Waals surface area (Å²) >= 11 is 0. The predicted molar refractivity (Wildman–Crippen MR) is 125 cm³/mol. The molecule has 4 rings (SSSR count). The van der Waals surface area contributed by atoms with Gasteiger partial charge in [-0.1, -0.05) is 30.3 Å². The largest absolute Gasteiger partial charge is 0.483 e. The van der Waals surface area contributed by atoms with Crippen molar-refractivity contribution < 1.29 is 9.53 Å². The molecule has 1 heterocycles. The number of ether oxygens (including phenoxy) is 1. The van der Waals surface area contributed by atoms with Gasteiger partial charge in [-0.2, -0.15) is 0 Å². The molecule has 1 saturated carbocycles. The molecule has 2 unspecified atom stereocenters. The summed E-state index contributed by atoms with van der Waals surface area (Å²) in [5.41, 5.74) is 11.4. The third-order valence-electron chi connectivity index (χ3n) is 7.06. The molecule has 0 bridgehead atoms. The number of aryl methyl sites for hydroxylation is 1. The Morgan fingerprint density at radius 3 is 2.55 bits per heavy atom. The highest BCUT2D eigenvalue weighted by atomic mass is 16.5. The zero-order valence-electron chi connectivity index (χ0n) is 19.0. The van der Waals surface area contributed by atoms with Crippen LogP contribution in [0.25, 0.3) is 0 Å². The maximum atomic E-state index is 12.4. The first kappa shape index (κ1) is 21.7. The Hall–Kier alpha value is -2.53. The summed E-state index contributed by atoms with van der Waals surface area (Å²) in [4.78, 5) is 15.0. The van der Waals surface area contributed by atoms with Gasteiger partial charge in [0.05, 0.1) is 0 Å². The van der Waals surface area contributed by atoms with Crippen LogP contribution in [0.2, 0.25) is 0 Å². The summed E-state index contributed by atoms with van der Waals surface area (Å²) in [5.74, 6) is 2.22. The molecule has 2 aromatic carbocycles. The number of rotatable bonds is 7. The topological polar surface area (TPSA) is 67.6 Å². The number of carbonyl (C=O) groups excluding carboxylic acids is 1. The van der Waals surface area contributed by atoms with E-state index in [0.29, 0.717) is 0 Å². The second-order valence-electron chi connectivity index (χ2n) is 9.30. The van der Waals surface area contributed by atoms with E-state index >= 15 is 0 Å². The van der Waals surface area contributed by atoms with E-state index in [0.717, 1.165) is 65.9 Å². The molecule has 1 saturated heterocycles. The Kier molecular flexibility index (Phi) is 6.51. The first-order valence-electron chi connectivity index (χ1n) is 11.5. The fourth-order valence-corrected chi connectivity index (χ4v) is 4.78. The van der Waals surface area contributed by atoms with Crippen molar-refractivity contribution in [3.05, 3.63) is 58.7 Å². The highest BCUT2D eigenvalue weighted by molar-refractivity contribution is 5.78. The van der Waals surface area contributed by atoms with Crippen LogP contribution in [-0.4, -0.2) is 43.1 Å². The van der Waals surface area contributed by atoms with Gasteiger partial charge in [0, 0.05) is 31.4 Å². The van der Waals surface area contributed by atoms with Crippen molar-refractivity contribution in [2.45, 2.75) is 52.0 Å². The number of hydrogen-bond donors (Lipinski definition) is 2. The molecule has 31 heavy (non-hydrogen) atoms. The van der Waals surface area contributed by atoms with E-state index in [1.54, 1.807) is 0 Å². The predicted octanol–water partition coefficient (Wildman–Crippen LogP) is 3.96. The van der Waals surface area contributed by atoms with Crippen molar-refractivity contribution in [3.8, 4) is 5.75 Å². The number of benzene rings is 2. The molecule has 5 heteroatoms. The van der Waals surface area contributed by atoms with Crippen molar-refractivity contribution in [2.24, 2.45) is 5.92 Å². The van der Waals surface area contributed by atoms with Crippen LogP contribution in [0.1, 0.15) is 47.4 Å². The molecule has 166 valence electrons. The summed E-state index contributed by atoms with van der Waals surface area (Å²) in [7, 11) is 0. The number of nitrogens with two attached hydrogens (primary N) is 1. The smallest absolute Gasteiger partial charge is 0.258 e. The summed E-state index contributed by atoms with van der Waals surface area (Å²) < 4.78 is 5.81. The molecule has 3 N–H and O–H groups in total. The number of nitrogen functional groups attached to an aromatic ring is 1. The minimum absolute atomic E-state index is 0.0451. The number of amides is 1. The number of nitrogens with zero attached hydrogens (tertiary/aromatic N) is 1. The van der Waals surface area contributed by atoms with Crippen LogP contribution in [0.3, 0.4) is 0 Å². The lowest BCUT2D eigenvalue weighted by atomic mass is 10.0. The maximum Gasteiger partial charge on any atom is 0.258 e. The molecule has 2 fully saturated rings. The van der Waals surface area contributed by atoms with E-state index < -0.39 is 0 Å². The van der Waals surface area contributed by atoms with Crippen molar-refractivity contribution in [2.75, 3.05) is 32.0 Å². The van der Waals surface area contributed by atoms with E-state index in [1.165, 1.54) is 18.5 Å². The van der Waals surface area contributed by atoms with Crippen molar-refractivity contribution in [3.63, 3.8) is 0 Å². The van der Waals surface area contributed by atoms with Crippen LogP contribution in [0.5, 0.6) is 5.75 Å². The van der Waals surface area contributed by atoms with Gasteiger partial charge in [0.15, 0.2) is 6.61 Å². The lowest BCUT2D eigenvalue weighted by Gasteiger charge is -2.32. The summed E-state index contributed by atoms with van der Waals surface area (Å²) in [6.07, 6.45) is 3.32. The van der Waals surface area contributed by atoms with Crippen molar-refractivity contribution in [1.29, 1.82) is 0 Å². The van der Waals surface area contributed by atoms with Crippen LogP contribution in [0, 0.1) is 26.7 Å². The first-order chi connectivity index (χ1) is 14.9. The van der Waals surface area contributed by atoms with Crippen molar-refractivity contribution in [1.82, 2.24) is 10.2 Å². The number of anilines is 1. The van der Waals surface area contributed by atoms with Gasteiger partial charge < -0.3 is 20.7 Å². The lowest BCUT2D eigenvalue weighted by molar-refractivity contribution is -0.124. The molecule has 1 amide bonds. The fourth-order valence-electron chi connectivity index (χ4n) is 4.78. The number of likely N-dealkylation sites (tertiary alicyclic amines) is 1. The van der Waals surface area contributed by atoms with Crippen LogP contribution in [0.15, 0.2) is 36.4 Å². The van der Waals surface area contributed by atoms with Gasteiger partial charge in [-0.15, -0.1) is 0 Å². The van der Waals surface area contributed by atoms with Gasteiger partial charge in [0.2, 0.25) is 0 Å². The Labute approximate surface area is 186 Å². The molecule has 1 aliphatic carbocycles. The number of nitrogens with one attached hydrogen (secondary N) is 1. The van der Waals surface area contributed by atoms with Gasteiger partial charge in [-0.3, -0.25) is 4.79 Å². The standard InChI is InChI=1S/C26H35N3O2/c1-17-13-24(18(2)19(3)26(17)27)31-16-25(30)28-22-9-11-29(12-10-22)15-21-14-23(21)20-7-5-4-6-8-20/h4-8,13,21-23H,9-12,14-16,27H2,1-3H3,(H,28,30). The zero-order valence-corrected chi connectivity index (χ0v) is 19.0. The Bertz CT molecular complexity index is 920. The number of hydrogen-bond acceptors (Lipinski definition) is 4. The highest BCUT2D eigenvalue weighted by Gasteiger charge is 2.39. The monoisotopic (exact) mass is 421 g/mol. The third-order valence-corrected chi connectivity index (χ3v) is 7.06. The molecule has 1 aliphatic heterocycles. The normalized spacial score (nSPS) is 21.6. The highest BCUT2D eigenvalue weighted by Crippen LogP contribution is 2.47. The lowest BCUT2D eigenvalue weighted by Crippen LogP contribution is -2.46. The van der Waals surface area contributed by atoms with Gasteiger partial charge in [0.25, 0.3) is 5.91 Å². The number of carbonyl (C=O) groups is 1. The summed E-state index contributed by atoms with van der Waals surface area (Å²) in [5, 5.41) is 3.16. The Morgan fingerprint density at radius 2 is 1.84 bits per heavy atom. The van der Waals surface area contributed by atoms with E-state index in [1.807, 2.05) is 26.8 Å². The average Bonchev–Trinajstić information content (AvgIpc) is 3.55. The third kappa shape index (κ3) is 5.21. The SMILES string of the molecule is Cc1cc(OCC(=O)NC2CCN(CC3CC3c3ccccc3)CC2)c(C)c(C)c1N. The zero-order chi connectivity index (χ0) is 22.0. The minimum atomic E-state index is -0.0451. The van der Waals surface area contributed by atoms with Crippen LogP contribution in [-0.2, 0) is 4.79 Å². The molecule has 5 nitrogen and oxygen atoms in total. The molecule has 2 atom stereocenters. The van der Waals surface area contributed by atoms with E-state index in [4.69, 9.17) is 10.5 Å². The number of piperidine rings is 1. The van der Waals surface area contributed by atoms with Gasteiger partial charge >= 0.3 is 0 Å².